The van der Waals surface area contributed by atoms with Gasteiger partial charge in [0, 0.05) is 86.3 Å². The lowest BCUT2D eigenvalue weighted by molar-refractivity contribution is -0.115. The van der Waals surface area contributed by atoms with Crippen LogP contribution in [0, 0.1) is 34.0 Å². The Hall–Kier alpha value is -8.75. The molecule has 0 aliphatic carbocycles. The maximum Gasteiger partial charge on any atom is 0.262 e. The molecule has 2 aliphatic heterocycles. The van der Waals surface area contributed by atoms with E-state index in [-0.39, 0.29) is 80.9 Å². The van der Waals surface area contributed by atoms with Gasteiger partial charge in [-0.05, 0) is 67.9 Å². The van der Waals surface area contributed by atoms with Gasteiger partial charge in [0.25, 0.3) is 23.6 Å². The Morgan fingerprint density at radius 2 is 1.12 bits per heavy atom. The van der Waals surface area contributed by atoms with Crippen LogP contribution in [0.3, 0.4) is 0 Å². The quantitative estimate of drug-likeness (QED) is 0.0592. The molecule has 0 saturated carbocycles. The molecule has 2 N–H and O–H groups in total. The number of unbranched alkanes of at least 4 members (excludes halogenated alkanes) is 1. The van der Waals surface area contributed by atoms with Crippen molar-refractivity contribution in [3.8, 4) is 18.2 Å². The first kappa shape index (κ1) is 55.2. The zero-order valence-electron chi connectivity index (χ0n) is 41.9. The van der Waals surface area contributed by atoms with Crippen molar-refractivity contribution < 1.29 is 43.0 Å². The van der Waals surface area contributed by atoms with Gasteiger partial charge in [-0.2, -0.15) is 15.8 Å². The molecule has 0 atom stereocenters. The number of nitrogens with zero attached hydrogens (tertiary/aromatic N) is 11. The molecule has 6 amide bonds. The number of fused-ring (bicyclic) bond motifs is 2. The lowest BCUT2D eigenvalue weighted by Gasteiger charge is -2.25. The van der Waals surface area contributed by atoms with Crippen molar-refractivity contribution >= 4 is 80.9 Å². The summed E-state index contributed by atoms with van der Waals surface area (Å²) in [5, 5.41) is 51.5. The van der Waals surface area contributed by atoms with Crippen LogP contribution in [0.5, 0.6) is 0 Å². The summed E-state index contributed by atoms with van der Waals surface area (Å²) in [6.07, 6.45) is 1.38. The number of azo groups is 2. The highest BCUT2D eigenvalue weighted by molar-refractivity contribution is 6.23. The summed E-state index contributed by atoms with van der Waals surface area (Å²) >= 11 is 0. The third kappa shape index (κ3) is 13.0. The molecule has 0 unspecified atom stereocenters. The molecule has 6 rings (SSSR count). The smallest absolute Gasteiger partial charge is 0.262 e. The fourth-order valence-corrected chi connectivity index (χ4v) is 7.62. The highest BCUT2D eigenvalue weighted by Gasteiger charge is 2.40. The first-order valence-corrected chi connectivity index (χ1v) is 23.0. The maximum absolute atomic E-state index is 13.1. The van der Waals surface area contributed by atoms with Crippen LogP contribution in [0.4, 0.5) is 45.5 Å². The van der Waals surface area contributed by atoms with E-state index >= 15 is 0 Å². The van der Waals surface area contributed by atoms with Gasteiger partial charge in [0.15, 0.2) is 0 Å². The molecule has 73 heavy (non-hydrogen) atoms. The molecule has 0 fully saturated rings. The normalized spacial score (nSPS) is 12.6. The SMILES string of the molecule is CCCCN1C(=O)c2cc(C#N)c(N=Nc3ccc(N(CCOC)CCOC)cc3NC(C)=O)c(C#N)c2C1=O.CCN1C(=O)c2cc(C#N)c(N=Nc3ccc(N(C)CCOC)cc3NC(C)=O)cc2C1=O. The van der Waals surface area contributed by atoms with E-state index in [0.29, 0.717) is 62.9 Å². The Morgan fingerprint density at radius 3 is 1.66 bits per heavy atom. The Bertz CT molecular complexity index is 2980. The zero-order valence-corrected chi connectivity index (χ0v) is 41.9. The number of hydrogen-bond donors (Lipinski definition) is 2. The zero-order chi connectivity index (χ0) is 53.4. The molecule has 0 aromatic heterocycles. The van der Waals surface area contributed by atoms with Crippen LogP contribution in [0.2, 0.25) is 0 Å². The molecular weight excluding hydrogens is 939 g/mol. The Morgan fingerprint density at radius 1 is 0.616 bits per heavy atom. The second kappa shape index (κ2) is 25.9. The van der Waals surface area contributed by atoms with Gasteiger partial charge in [-0.15, -0.1) is 20.5 Å². The van der Waals surface area contributed by atoms with Crippen LogP contribution in [0.25, 0.3) is 0 Å². The highest BCUT2D eigenvalue weighted by atomic mass is 16.5. The summed E-state index contributed by atoms with van der Waals surface area (Å²) in [6.45, 7) is 10.1. The first-order chi connectivity index (χ1) is 35.1. The van der Waals surface area contributed by atoms with Gasteiger partial charge in [-0.3, -0.25) is 38.6 Å². The number of likely N-dealkylation sites (N-methyl/N-ethyl adjacent to an activating group) is 1. The van der Waals surface area contributed by atoms with Crippen LogP contribution in [-0.4, -0.2) is 126 Å². The van der Waals surface area contributed by atoms with Crippen molar-refractivity contribution in [3.63, 3.8) is 0 Å². The molecule has 4 aromatic rings. The van der Waals surface area contributed by atoms with E-state index in [1.165, 1.54) is 32.0 Å². The van der Waals surface area contributed by atoms with Gasteiger partial charge in [-0.1, -0.05) is 13.3 Å². The number of nitriles is 3. The van der Waals surface area contributed by atoms with Crippen molar-refractivity contribution in [2.24, 2.45) is 20.5 Å². The molecule has 4 aromatic carbocycles. The van der Waals surface area contributed by atoms with E-state index in [2.05, 4.69) is 31.1 Å². The van der Waals surface area contributed by atoms with Gasteiger partial charge in [0.05, 0.1) is 70.1 Å². The molecule has 22 nitrogen and oxygen atoms in total. The number of benzene rings is 4. The van der Waals surface area contributed by atoms with Crippen LogP contribution < -0.4 is 20.4 Å². The summed E-state index contributed by atoms with van der Waals surface area (Å²) in [7, 11) is 6.74. The van der Waals surface area contributed by atoms with Crippen molar-refractivity contribution in [1.29, 1.82) is 15.8 Å². The van der Waals surface area contributed by atoms with E-state index in [1.54, 1.807) is 58.6 Å². The average Bonchev–Trinajstić information content (AvgIpc) is 3.76. The van der Waals surface area contributed by atoms with Crippen LogP contribution in [0.1, 0.15) is 98.7 Å². The number of amides is 6. The minimum absolute atomic E-state index is 0.00338. The van der Waals surface area contributed by atoms with E-state index < -0.39 is 23.6 Å². The van der Waals surface area contributed by atoms with E-state index in [9.17, 15) is 44.6 Å². The Balaban J connectivity index is 0.000000276. The molecule has 0 saturated heterocycles. The van der Waals surface area contributed by atoms with Crippen molar-refractivity contribution in [3.05, 3.63) is 93.5 Å². The van der Waals surface area contributed by atoms with Crippen LogP contribution in [-0.2, 0) is 23.8 Å². The number of nitrogens with one attached hydrogen (secondary N) is 2. The number of imide groups is 2. The first-order valence-electron chi connectivity index (χ1n) is 23.0. The monoisotopic (exact) mass is 993 g/mol. The third-order valence-electron chi connectivity index (χ3n) is 11.4. The van der Waals surface area contributed by atoms with Gasteiger partial charge in [0.1, 0.15) is 41.0 Å². The predicted octanol–water partition coefficient (Wildman–Crippen LogP) is 7.93. The van der Waals surface area contributed by atoms with E-state index in [0.717, 1.165) is 27.6 Å². The average molecular weight is 994 g/mol. The molecule has 2 aliphatic rings. The van der Waals surface area contributed by atoms with Crippen LogP contribution in [0.15, 0.2) is 75.1 Å². The van der Waals surface area contributed by atoms with Gasteiger partial charge < -0.3 is 34.6 Å². The molecule has 22 heteroatoms. The third-order valence-corrected chi connectivity index (χ3v) is 11.4. The fourth-order valence-electron chi connectivity index (χ4n) is 7.62. The Labute approximate surface area is 422 Å². The lowest BCUT2D eigenvalue weighted by atomic mass is 9.97. The van der Waals surface area contributed by atoms with Crippen molar-refractivity contribution in [1.82, 2.24) is 9.80 Å². The molecule has 0 spiro atoms. The number of anilines is 4. The predicted molar refractivity (Wildman–Crippen MR) is 269 cm³/mol. The molecule has 0 bridgehead atoms. The van der Waals surface area contributed by atoms with Crippen LogP contribution >= 0.6 is 0 Å². The number of rotatable bonds is 21. The summed E-state index contributed by atoms with van der Waals surface area (Å²) in [4.78, 5) is 80.7. The molecular formula is C51H55N13O9. The standard InChI is InChI=1S/C28H31N7O5.C23H24N6O4/c1-5-6-9-35-27(37)21-14-19(16-29)26(22(17-30)25(21)28(35)38)33-32-23-8-7-20(15-24(23)31-18(2)36)34(10-12-39-3)11-13-40-4;1-5-29-22(31)17-10-15(13-24)20(12-18(17)23(29)32)27-26-19-7-6-16(28(3)8-9-33-4)11-21(19)25-14(2)30/h7-8,14-15H,5-6,9-13H2,1-4H3,(H,31,36);6-7,10-12H,5,8-9H2,1-4H3,(H,25,30). The van der Waals surface area contributed by atoms with Gasteiger partial charge in [-0.25, -0.2) is 0 Å². The molecule has 2 heterocycles. The minimum Gasteiger partial charge on any atom is -0.383 e. The summed E-state index contributed by atoms with van der Waals surface area (Å²) in [5.41, 5.74) is 3.22. The second-order valence-corrected chi connectivity index (χ2v) is 16.3. The minimum atomic E-state index is -0.596. The Kier molecular flexibility index (Phi) is 19.6. The summed E-state index contributed by atoms with van der Waals surface area (Å²) < 4.78 is 15.5. The maximum atomic E-state index is 13.1. The van der Waals surface area contributed by atoms with Gasteiger partial charge in [0.2, 0.25) is 11.8 Å². The number of hydrogen-bond acceptors (Lipinski definition) is 18. The fraction of sp³-hybridized carbons (Fsp3) is 0.353. The molecule has 378 valence electrons. The number of methoxy groups -OCH3 is 3. The topological polar surface area (TPSA) is 288 Å². The number of carbonyl (C=O) groups is 6. The highest BCUT2D eigenvalue weighted by Crippen LogP contribution is 2.39. The van der Waals surface area contributed by atoms with E-state index in [1.807, 2.05) is 48.0 Å². The van der Waals surface area contributed by atoms with Gasteiger partial charge >= 0.3 is 0 Å². The molecule has 0 radical (unpaired) electrons. The van der Waals surface area contributed by atoms with Crippen molar-refractivity contribution in [2.45, 2.75) is 40.5 Å². The second-order valence-electron chi connectivity index (χ2n) is 16.3. The number of carbonyl (C=O) groups excluding carboxylic acids is 6. The summed E-state index contributed by atoms with van der Waals surface area (Å²) in [6, 6.07) is 20.4. The lowest BCUT2D eigenvalue weighted by Crippen LogP contribution is -2.30. The summed E-state index contributed by atoms with van der Waals surface area (Å²) in [5.74, 6) is -2.61. The largest absolute Gasteiger partial charge is 0.383 e. The number of ether oxygens (including phenoxy) is 3. The van der Waals surface area contributed by atoms with Crippen molar-refractivity contribution in [2.75, 3.05) is 101 Å². The van der Waals surface area contributed by atoms with E-state index in [4.69, 9.17) is 14.2 Å².